The second kappa shape index (κ2) is 5.54. The molecule has 6 nitrogen and oxygen atoms in total. The van der Waals surface area contributed by atoms with Crippen molar-refractivity contribution < 1.29 is 30.0 Å². The first kappa shape index (κ1) is 14.4. The fourth-order valence-electron chi connectivity index (χ4n) is 2.10. The van der Waals surface area contributed by atoms with Gasteiger partial charge in [0.15, 0.2) is 0 Å². The van der Waals surface area contributed by atoms with Gasteiger partial charge in [-0.05, 0) is 24.3 Å². The number of rotatable bonds is 4. The fourth-order valence-corrected chi connectivity index (χ4v) is 2.10. The standard InChI is InChI=1S/C15H12O6/c16-12-5-1-3-8(14(18)19)10(12)7-11-9(15(20)21)4-2-6-13(11)17/h1-6,16-17H,7H2,(H,18,19)(H,20,21). The number of carboxylic acid groups (broad SMARTS) is 2. The lowest BCUT2D eigenvalue weighted by Crippen LogP contribution is -2.07. The zero-order chi connectivity index (χ0) is 15.6. The van der Waals surface area contributed by atoms with Crippen molar-refractivity contribution in [1.82, 2.24) is 0 Å². The van der Waals surface area contributed by atoms with Gasteiger partial charge in [0.25, 0.3) is 0 Å². The molecule has 0 aliphatic carbocycles. The van der Waals surface area contributed by atoms with E-state index in [0.29, 0.717) is 0 Å². The lowest BCUT2D eigenvalue weighted by atomic mass is 9.95. The number of aromatic hydroxyl groups is 2. The SMILES string of the molecule is O=C(O)c1cccc(O)c1Cc1c(O)cccc1C(=O)O. The fraction of sp³-hybridized carbons (Fsp3) is 0.0667. The van der Waals surface area contributed by atoms with E-state index >= 15 is 0 Å². The molecule has 0 bridgehead atoms. The van der Waals surface area contributed by atoms with Crippen molar-refractivity contribution in [2.45, 2.75) is 6.42 Å². The van der Waals surface area contributed by atoms with Crippen LogP contribution in [-0.2, 0) is 6.42 Å². The molecule has 2 rings (SSSR count). The molecule has 2 aromatic carbocycles. The monoisotopic (exact) mass is 288 g/mol. The van der Waals surface area contributed by atoms with Gasteiger partial charge in [-0.1, -0.05) is 12.1 Å². The lowest BCUT2D eigenvalue weighted by molar-refractivity contribution is 0.0686. The zero-order valence-corrected chi connectivity index (χ0v) is 10.8. The van der Waals surface area contributed by atoms with Gasteiger partial charge in [0.05, 0.1) is 11.1 Å². The van der Waals surface area contributed by atoms with E-state index in [-0.39, 0.29) is 40.2 Å². The molecule has 0 saturated carbocycles. The molecule has 0 unspecified atom stereocenters. The van der Waals surface area contributed by atoms with Crippen LogP contribution in [0.4, 0.5) is 0 Å². The zero-order valence-electron chi connectivity index (χ0n) is 10.8. The highest BCUT2D eigenvalue weighted by molar-refractivity contribution is 5.92. The summed E-state index contributed by atoms with van der Waals surface area (Å²) >= 11 is 0. The second-order valence-corrected chi connectivity index (χ2v) is 4.39. The van der Waals surface area contributed by atoms with Crippen LogP contribution in [0, 0.1) is 0 Å². The van der Waals surface area contributed by atoms with E-state index < -0.39 is 11.9 Å². The van der Waals surface area contributed by atoms with E-state index in [4.69, 9.17) is 10.2 Å². The average Bonchev–Trinajstić information content (AvgIpc) is 2.42. The van der Waals surface area contributed by atoms with Crippen LogP contribution in [0.2, 0.25) is 0 Å². The number of benzene rings is 2. The summed E-state index contributed by atoms with van der Waals surface area (Å²) in [6, 6.07) is 7.98. The highest BCUT2D eigenvalue weighted by Crippen LogP contribution is 2.30. The summed E-state index contributed by atoms with van der Waals surface area (Å²) in [5.41, 5.74) is -0.188. The number of carboxylic acids is 2. The molecule has 0 saturated heterocycles. The Kier molecular flexibility index (Phi) is 3.80. The molecule has 0 aliphatic rings. The van der Waals surface area contributed by atoms with Crippen molar-refractivity contribution in [3.63, 3.8) is 0 Å². The Morgan fingerprint density at radius 2 is 1.14 bits per heavy atom. The molecule has 0 amide bonds. The Morgan fingerprint density at radius 1 is 0.762 bits per heavy atom. The van der Waals surface area contributed by atoms with E-state index in [2.05, 4.69) is 0 Å². The van der Waals surface area contributed by atoms with Crippen LogP contribution in [0.15, 0.2) is 36.4 Å². The van der Waals surface area contributed by atoms with Gasteiger partial charge in [0.1, 0.15) is 11.5 Å². The first-order valence-electron chi connectivity index (χ1n) is 6.00. The van der Waals surface area contributed by atoms with Gasteiger partial charge in [-0.2, -0.15) is 0 Å². The quantitative estimate of drug-likeness (QED) is 0.684. The van der Waals surface area contributed by atoms with E-state index in [1.807, 2.05) is 0 Å². The maximum atomic E-state index is 11.2. The molecule has 0 heterocycles. The first-order valence-corrected chi connectivity index (χ1v) is 6.00. The largest absolute Gasteiger partial charge is 0.508 e. The summed E-state index contributed by atoms with van der Waals surface area (Å²) in [7, 11) is 0. The molecule has 0 radical (unpaired) electrons. The first-order chi connectivity index (χ1) is 9.91. The topological polar surface area (TPSA) is 115 Å². The predicted octanol–water partition coefficient (Wildman–Crippen LogP) is 2.08. The van der Waals surface area contributed by atoms with Crippen molar-refractivity contribution in [1.29, 1.82) is 0 Å². The second-order valence-electron chi connectivity index (χ2n) is 4.39. The minimum atomic E-state index is -1.24. The Bertz CT molecular complexity index is 659. The minimum Gasteiger partial charge on any atom is -0.508 e. The summed E-state index contributed by atoms with van der Waals surface area (Å²) in [6.07, 6.45) is -0.206. The Balaban J connectivity index is 2.59. The molecule has 0 aliphatic heterocycles. The number of phenolic OH excluding ortho intramolecular Hbond substituents is 2. The molecule has 0 aromatic heterocycles. The summed E-state index contributed by atoms with van der Waals surface area (Å²) in [6.45, 7) is 0. The Hall–Kier alpha value is -3.02. The normalized spacial score (nSPS) is 10.3. The Labute approximate surface area is 119 Å². The third kappa shape index (κ3) is 2.79. The van der Waals surface area contributed by atoms with Gasteiger partial charge in [0.2, 0.25) is 0 Å². The average molecular weight is 288 g/mol. The Morgan fingerprint density at radius 3 is 1.48 bits per heavy atom. The molecule has 0 fully saturated rings. The summed E-state index contributed by atoms with van der Waals surface area (Å²) in [5, 5.41) is 37.9. The van der Waals surface area contributed by atoms with Crippen molar-refractivity contribution in [3.05, 3.63) is 58.7 Å². The van der Waals surface area contributed by atoms with Gasteiger partial charge in [0, 0.05) is 17.5 Å². The molecule has 0 atom stereocenters. The maximum Gasteiger partial charge on any atom is 0.336 e. The number of aromatic carboxylic acids is 2. The van der Waals surface area contributed by atoms with Crippen molar-refractivity contribution in [2.24, 2.45) is 0 Å². The number of hydrogen-bond donors (Lipinski definition) is 4. The van der Waals surface area contributed by atoms with Gasteiger partial charge < -0.3 is 20.4 Å². The maximum absolute atomic E-state index is 11.2. The van der Waals surface area contributed by atoms with Crippen LogP contribution in [0.25, 0.3) is 0 Å². The molecular formula is C15H12O6. The van der Waals surface area contributed by atoms with Gasteiger partial charge >= 0.3 is 11.9 Å². The van der Waals surface area contributed by atoms with Gasteiger partial charge in [-0.3, -0.25) is 0 Å². The van der Waals surface area contributed by atoms with Crippen molar-refractivity contribution >= 4 is 11.9 Å². The van der Waals surface area contributed by atoms with Crippen LogP contribution in [0.5, 0.6) is 11.5 Å². The van der Waals surface area contributed by atoms with E-state index in [1.54, 1.807) is 0 Å². The van der Waals surface area contributed by atoms with Crippen LogP contribution < -0.4 is 0 Å². The van der Waals surface area contributed by atoms with E-state index in [1.165, 1.54) is 36.4 Å². The van der Waals surface area contributed by atoms with Crippen LogP contribution in [-0.4, -0.2) is 32.4 Å². The van der Waals surface area contributed by atoms with Gasteiger partial charge in [-0.25, -0.2) is 9.59 Å². The predicted molar refractivity (Wildman–Crippen MR) is 72.9 cm³/mol. The van der Waals surface area contributed by atoms with Crippen LogP contribution in [0.1, 0.15) is 31.8 Å². The third-order valence-corrected chi connectivity index (χ3v) is 3.12. The van der Waals surface area contributed by atoms with Crippen molar-refractivity contribution in [3.8, 4) is 11.5 Å². The molecule has 6 heteroatoms. The van der Waals surface area contributed by atoms with Crippen LogP contribution >= 0.6 is 0 Å². The molecule has 108 valence electrons. The summed E-state index contributed by atoms with van der Waals surface area (Å²) < 4.78 is 0. The lowest BCUT2D eigenvalue weighted by Gasteiger charge is -2.12. The number of phenols is 2. The van der Waals surface area contributed by atoms with Crippen molar-refractivity contribution in [2.75, 3.05) is 0 Å². The highest BCUT2D eigenvalue weighted by Gasteiger charge is 2.19. The van der Waals surface area contributed by atoms with E-state index in [0.717, 1.165) is 0 Å². The molecule has 0 spiro atoms. The molecule has 2 aromatic rings. The van der Waals surface area contributed by atoms with E-state index in [9.17, 15) is 19.8 Å². The molecular weight excluding hydrogens is 276 g/mol. The number of carbonyl (C=O) groups is 2. The summed E-state index contributed by atoms with van der Waals surface area (Å²) in [4.78, 5) is 22.4. The summed E-state index contributed by atoms with van der Waals surface area (Å²) in [5.74, 6) is -3.02. The number of hydrogen-bond acceptors (Lipinski definition) is 4. The molecule has 21 heavy (non-hydrogen) atoms. The third-order valence-electron chi connectivity index (χ3n) is 3.12. The van der Waals surface area contributed by atoms with Crippen LogP contribution in [0.3, 0.4) is 0 Å². The smallest absolute Gasteiger partial charge is 0.336 e. The highest BCUT2D eigenvalue weighted by atomic mass is 16.4. The van der Waals surface area contributed by atoms with Gasteiger partial charge in [-0.15, -0.1) is 0 Å². The molecule has 4 N–H and O–H groups in total. The minimum absolute atomic E-state index is 0.0500.